The van der Waals surface area contributed by atoms with Gasteiger partial charge in [0.15, 0.2) is 0 Å². The van der Waals surface area contributed by atoms with Crippen LogP contribution >= 0.6 is 0 Å². The maximum Gasteiger partial charge on any atom is 0.0434 e. The van der Waals surface area contributed by atoms with Gasteiger partial charge in [0.1, 0.15) is 0 Å². The largest absolute Gasteiger partial charge is 0.396 e. The number of anilines is 1. The minimum absolute atomic E-state index is 0.326. The number of nitrogens with zero attached hydrogens (tertiary/aromatic N) is 1. The first-order chi connectivity index (χ1) is 7.29. The molecule has 82 valence electrons. The quantitative estimate of drug-likeness (QED) is 0.817. The van der Waals surface area contributed by atoms with E-state index in [1.807, 2.05) is 0 Å². The predicted molar refractivity (Wildman–Crippen MR) is 63.2 cm³/mol. The molecule has 1 aliphatic rings. The summed E-state index contributed by atoms with van der Waals surface area (Å²) in [6.07, 6.45) is 2.16. The Kier molecular flexibility index (Phi) is 3.27. The molecule has 1 unspecified atom stereocenters. The van der Waals surface area contributed by atoms with Crippen LogP contribution in [0.3, 0.4) is 0 Å². The minimum Gasteiger partial charge on any atom is -0.396 e. The van der Waals surface area contributed by atoms with E-state index < -0.39 is 0 Å². The molecule has 1 atom stereocenters. The van der Waals surface area contributed by atoms with Gasteiger partial charge in [-0.2, -0.15) is 0 Å². The molecule has 0 spiro atoms. The Morgan fingerprint density at radius 2 is 2.33 bits per heavy atom. The van der Waals surface area contributed by atoms with Crippen molar-refractivity contribution < 1.29 is 5.11 Å². The second kappa shape index (κ2) is 4.67. The van der Waals surface area contributed by atoms with Gasteiger partial charge in [0, 0.05) is 25.4 Å². The molecule has 1 aromatic carbocycles. The molecule has 2 heteroatoms. The van der Waals surface area contributed by atoms with E-state index in [4.69, 9.17) is 5.11 Å². The van der Waals surface area contributed by atoms with E-state index in [0.29, 0.717) is 12.5 Å². The third kappa shape index (κ3) is 2.51. The van der Waals surface area contributed by atoms with Crippen molar-refractivity contribution in [3.63, 3.8) is 0 Å². The van der Waals surface area contributed by atoms with Crippen LogP contribution in [0.1, 0.15) is 18.4 Å². The molecular formula is C13H19NO. The molecule has 0 amide bonds. The second-order valence-corrected chi connectivity index (χ2v) is 4.45. The molecule has 0 bridgehead atoms. The molecule has 1 saturated heterocycles. The van der Waals surface area contributed by atoms with Crippen molar-refractivity contribution in [2.24, 2.45) is 5.92 Å². The van der Waals surface area contributed by atoms with Crippen LogP contribution in [0.25, 0.3) is 0 Å². The van der Waals surface area contributed by atoms with Crippen molar-refractivity contribution in [3.8, 4) is 0 Å². The minimum atomic E-state index is 0.326. The summed E-state index contributed by atoms with van der Waals surface area (Å²) in [4.78, 5) is 2.42. The fourth-order valence-corrected chi connectivity index (χ4v) is 2.31. The van der Waals surface area contributed by atoms with Crippen LogP contribution in [-0.2, 0) is 0 Å². The summed E-state index contributed by atoms with van der Waals surface area (Å²) in [5.74, 6) is 0.676. The molecule has 1 aromatic rings. The standard InChI is InChI=1S/C13H19NO/c1-11-3-2-4-13(9-11)14-7-5-12(10-14)6-8-15/h2-4,9,12,15H,5-8,10H2,1H3. The monoisotopic (exact) mass is 205 g/mol. The van der Waals surface area contributed by atoms with E-state index in [9.17, 15) is 0 Å². The Hall–Kier alpha value is -1.02. The van der Waals surface area contributed by atoms with Gasteiger partial charge < -0.3 is 10.0 Å². The molecule has 1 N–H and O–H groups in total. The van der Waals surface area contributed by atoms with Crippen molar-refractivity contribution in [2.45, 2.75) is 19.8 Å². The van der Waals surface area contributed by atoms with Gasteiger partial charge in [-0.3, -0.25) is 0 Å². The third-order valence-corrected chi connectivity index (χ3v) is 3.19. The number of hydrogen-bond acceptors (Lipinski definition) is 2. The van der Waals surface area contributed by atoms with Gasteiger partial charge in [-0.25, -0.2) is 0 Å². The van der Waals surface area contributed by atoms with Gasteiger partial charge in [-0.05, 0) is 43.4 Å². The molecular weight excluding hydrogens is 186 g/mol. The second-order valence-electron chi connectivity index (χ2n) is 4.45. The van der Waals surface area contributed by atoms with Gasteiger partial charge in [-0.1, -0.05) is 12.1 Å². The Morgan fingerprint density at radius 3 is 3.07 bits per heavy atom. The summed E-state index contributed by atoms with van der Waals surface area (Å²) in [6.45, 7) is 4.69. The van der Waals surface area contributed by atoms with Crippen molar-refractivity contribution in [1.82, 2.24) is 0 Å². The highest BCUT2D eigenvalue weighted by Crippen LogP contribution is 2.25. The van der Waals surface area contributed by atoms with E-state index in [1.165, 1.54) is 17.7 Å². The first kappa shape index (κ1) is 10.5. The molecule has 0 saturated carbocycles. The van der Waals surface area contributed by atoms with Crippen LogP contribution in [0.15, 0.2) is 24.3 Å². The molecule has 2 nitrogen and oxygen atoms in total. The smallest absolute Gasteiger partial charge is 0.0434 e. The number of hydrogen-bond donors (Lipinski definition) is 1. The zero-order chi connectivity index (χ0) is 10.7. The van der Waals surface area contributed by atoms with Crippen LogP contribution < -0.4 is 4.90 Å². The molecule has 1 fully saturated rings. The summed E-state index contributed by atoms with van der Waals surface area (Å²) in [5, 5.41) is 8.91. The van der Waals surface area contributed by atoms with Crippen LogP contribution in [0, 0.1) is 12.8 Å². The van der Waals surface area contributed by atoms with Crippen molar-refractivity contribution in [1.29, 1.82) is 0 Å². The lowest BCUT2D eigenvalue weighted by atomic mass is 10.1. The number of benzene rings is 1. The summed E-state index contributed by atoms with van der Waals surface area (Å²) in [5.41, 5.74) is 2.65. The van der Waals surface area contributed by atoms with E-state index in [1.54, 1.807) is 0 Å². The Balaban J connectivity index is 2.01. The van der Waals surface area contributed by atoms with E-state index in [2.05, 4.69) is 36.1 Å². The Bertz CT molecular complexity index is 324. The SMILES string of the molecule is Cc1cccc(N2CCC(CCO)C2)c1. The maximum absolute atomic E-state index is 8.91. The molecule has 0 radical (unpaired) electrons. The van der Waals surface area contributed by atoms with Gasteiger partial charge in [0.2, 0.25) is 0 Å². The molecule has 0 aliphatic carbocycles. The normalized spacial score (nSPS) is 20.9. The highest BCUT2D eigenvalue weighted by Gasteiger charge is 2.21. The zero-order valence-electron chi connectivity index (χ0n) is 9.32. The maximum atomic E-state index is 8.91. The lowest BCUT2D eigenvalue weighted by molar-refractivity contribution is 0.263. The van der Waals surface area contributed by atoms with Crippen LogP contribution in [-0.4, -0.2) is 24.8 Å². The topological polar surface area (TPSA) is 23.5 Å². The number of aryl methyl sites for hydroxylation is 1. The van der Waals surface area contributed by atoms with Gasteiger partial charge in [0.05, 0.1) is 0 Å². The van der Waals surface area contributed by atoms with Crippen LogP contribution in [0.5, 0.6) is 0 Å². The molecule has 1 aliphatic heterocycles. The highest BCUT2D eigenvalue weighted by atomic mass is 16.3. The average molecular weight is 205 g/mol. The number of aliphatic hydroxyl groups excluding tert-OH is 1. The molecule has 2 rings (SSSR count). The number of aliphatic hydroxyl groups is 1. The molecule has 0 aromatic heterocycles. The van der Waals surface area contributed by atoms with Gasteiger partial charge >= 0.3 is 0 Å². The summed E-state index contributed by atoms with van der Waals surface area (Å²) >= 11 is 0. The van der Waals surface area contributed by atoms with E-state index in [0.717, 1.165) is 19.5 Å². The lowest BCUT2D eigenvalue weighted by Crippen LogP contribution is -2.19. The van der Waals surface area contributed by atoms with Gasteiger partial charge in [-0.15, -0.1) is 0 Å². The summed E-state index contributed by atoms with van der Waals surface area (Å²) < 4.78 is 0. The average Bonchev–Trinajstić information content (AvgIpc) is 2.67. The Labute approximate surface area is 91.5 Å². The van der Waals surface area contributed by atoms with Crippen molar-refractivity contribution in [3.05, 3.63) is 29.8 Å². The molecule has 15 heavy (non-hydrogen) atoms. The highest BCUT2D eigenvalue weighted by molar-refractivity contribution is 5.49. The fraction of sp³-hybridized carbons (Fsp3) is 0.538. The van der Waals surface area contributed by atoms with Crippen molar-refractivity contribution in [2.75, 3.05) is 24.6 Å². The number of rotatable bonds is 3. The van der Waals surface area contributed by atoms with E-state index >= 15 is 0 Å². The summed E-state index contributed by atoms with van der Waals surface area (Å²) in [6, 6.07) is 8.66. The van der Waals surface area contributed by atoms with Gasteiger partial charge in [0.25, 0.3) is 0 Å². The third-order valence-electron chi connectivity index (χ3n) is 3.19. The first-order valence-corrected chi connectivity index (χ1v) is 5.72. The molecule has 1 heterocycles. The van der Waals surface area contributed by atoms with Crippen LogP contribution in [0.4, 0.5) is 5.69 Å². The predicted octanol–water partition coefficient (Wildman–Crippen LogP) is 2.20. The van der Waals surface area contributed by atoms with Crippen LogP contribution in [0.2, 0.25) is 0 Å². The first-order valence-electron chi connectivity index (χ1n) is 5.72. The Morgan fingerprint density at radius 1 is 1.47 bits per heavy atom. The van der Waals surface area contributed by atoms with Crippen molar-refractivity contribution >= 4 is 5.69 Å². The lowest BCUT2D eigenvalue weighted by Gasteiger charge is -2.19. The zero-order valence-corrected chi connectivity index (χ0v) is 9.32. The summed E-state index contributed by atoms with van der Waals surface area (Å²) in [7, 11) is 0. The van der Waals surface area contributed by atoms with E-state index in [-0.39, 0.29) is 0 Å². The fourth-order valence-electron chi connectivity index (χ4n) is 2.31.